The van der Waals surface area contributed by atoms with Crippen molar-refractivity contribution < 1.29 is 22.0 Å². The van der Waals surface area contributed by atoms with Crippen molar-refractivity contribution in [2.24, 2.45) is 0 Å². The highest BCUT2D eigenvalue weighted by Gasteiger charge is 2.23. The van der Waals surface area contributed by atoms with Crippen molar-refractivity contribution in [1.29, 1.82) is 0 Å². The second kappa shape index (κ2) is 8.41. The number of anilines is 1. The van der Waals surface area contributed by atoms with Gasteiger partial charge in [-0.3, -0.25) is 4.79 Å². The standard InChI is InChI=1S/C16H16F2N2O3S2/c1-20(25(22,23)12-7-3-2-4-8-12)11-15(21)19-13-9-5-6-10-14(13)24-16(17)18/h2-10,16H,11H2,1H3,(H,19,21). The maximum Gasteiger partial charge on any atom is 0.288 e. The van der Waals surface area contributed by atoms with E-state index in [4.69, 9.17) is 0 Å². The van der Waals surface area contributed by atoms with Gasteiger partial charge in [-0.1, -0.05) is 42.1 Å². The van der Waals surface area contributed by atoms with E-state index in [1.165, 1.54) is 31.3 Å². The van der Waals surface area contributed by atoms with E-state index in [1.807, 2.05) is 0 Å². The van der Waals surface area contributed by atoms with Crippen LogP contribution in [0.2, 0.25) is 0 Å². The molecule has 0 atom stereocenters. The molecule has 0 aliphatic heterocycles. The van der Waals surface area contributed by atoms with E-state index in [2.05, 4.69) is 5.32 Å². The lowest BCUT2D eigenvalue weighted by Gasteiger charge is -2.17. The molecule has 2 aromatic carbocycles. The molecule has 0 heterocycles. The summed E-state index contributed by atoms with van der Waals surface area (Å²) in [5, 5.41) is 2.47. The number of alkyl halides is 2. The number of hydrogen-bond donors (Lipinski definition) is 1. The molecule has 0 fully saturated rings. The lowest BCUT2D eigenvalue weighted by molar-refractivity contribution is -0.116. The fraction of sp³-hybridized carbons (Fsp3) is 0.188. The average molecular weight is 386 g/mol. The minimum atomic E-state index is -3.81. The number of sulfonamides is 1. The molecule has 0 bridgehead atoms. The summed E-state index contributed by atoms with van der Waals surface area (Å²) < 4.78 is 50.8. The van der Waals surface area contributed by atoms with Gasteiger partial charge in [0.05, 0.1) is 17.1 Å². The summed E-state index contributed by atoms with van der Waals surface area (Å²) >= 11 is 0.308. The molecule has 0 radical (unpaired) electrons. The highest BCUT2D eigenvalue weighted by Crippen LogP contribution is 2.31. The Morgan fingerprint density at radius 1 is 1.12 bits per heavy atom. The van der Waals surface area contributed by atoms with Crippen LogP contribution in [0.3, 0.4) is 0 Å². The molecular formula is C16H16F2N2O3S2. The zero-order chi connectivity index (χ0) is 18.4. The number of para-hydroxylation sites is 1. The van der Waals surface area contributed by atoms with Crippen molar-refractivity contribution in [3.05, 3.63) is 54.6 Å². The van der Waals surface area contributed by atoms with Gasteiger partial charge in [-0.25, -0.2) is 8.42 Å². The molecule has 0 aliphatic carbocycles. The number of nitrogens with zero attached hydrogens (tertiary/aromatic N) is 1. The molecule has 2 rings (SSSR count). The first-order valence-corrected chi connectivity index (χ1v) is 9.48. The number of thioether (sulfide) groups is 1. The van der Waals surface area contributed by atoms with Gasteiger partial charge in [-0.05, 0) is 24.3 Å². The molecule has 0 aromatic heterocycles. The molecule has 134 valence electrons. The van der Waals surface area contributed by atoms with Crippen LogP contribution in [-0.2, 0) is 14.8 Å². The van der Waals surface area contributed by atoms with E-state index in [-0.39, 0.29) is 15.5 Å². The molecule has 0 unspecified atom stereocenters. The maximum absolute atomic E-state index is 12.6. The van der Waals surface area contributed by atoms with Gasteiger partial charge in [0.25, 0.3) is 5.76 Å². The van der Waals surface area contributed by atoms with Crippen molar-refractivity contribution in [2.75, 3.05) is 18.9 Å². The normalized spacial score (nSPS) is 11.7. The predicted molar refractivity (Wildman–Crippen MR) is 93.2 cm³/mol. The van der Waals surface area contributed by atoms with Crippen LogP contribution in [0.4, 0.5) is 14.5 Å². The average Bonchev–Trinajstić information content (AvgIpc) is 2.57. The third-order valence-electron chi connectivity index (χ3n) is 3.19. The molecule has 0 saturated carbocycles. The van der Waals surface area contributed by atoms with Crippen LogP contribution in [0.5, 0.6) is 0 Å². The lowest BCUT2D eigenvalue weighted by atomic mass is 10.3. The van der Waals surface area contributed by atoms with E-state index in [1.54, 1.807) is 30.3 Å². The molecule has 2 aromatic rings. The SMILES string of the molecule is CN(CC(=O)Nc1ccccc1SC(F)F)S(=O)(=O)c1ccccc1. The van der Waals surface area contributed by atoms with Crippen molar-refractivity contribution in [2.45, 2.75) is 15.5 Å². The number of nitrogens with one attached hydrogen (secondary N) is 1. The first-order valence-electron chi connectivity index (χ1n) is 7.16. The zero-order valence-corrected chi connectivity index (χ0v) is 14.9. The number of carbonyl (C=O) groups is 1. The maximum atomic E-state index is 12.6. The summed E-state index contributed by atoms with van der Waals surface area (Å²) in [6, 6.07) is 13.8. The quantitative estimate of drug-likeness (QED) is 0.742. The number of amides is 1. The molecule has 25 heavy (non-hydrogen) atoms. The smallest absolute Gasteiger partial charge is 0.288 e. The van der Waals surface area contributed by atoms with Gasteiger partial charge in [0.15, 0.2) is 0 Å². The molecule has 1 amide bonds. The number of carbonyl (C=O) groups excluding carboxylic acids is 1. The third-order valence-corrected chi connectivity index (χ3v) is 5.80. The highest BCUT2D eigenvalue weighted by atomic mass is 32.2. The fourth-order valence-corrected chi connectivity index (χ4v) is 3.76. The number of benzene rings is 2. The van der Waals surface area contributed by atoms with E-state index < -0.39 is 28.2 Å². The summed E-state index contributed by atoms with van der Waals surface area (Å²) in [5.41, 5.74) is 0.211. The van der Waals surface area contributed by atoms with Crippen LogP contribution >= 0.6 is 11.8 Å². The Kier molecular flexibility index (Phi) is 6.51. The minimum Gasteiger partial charge on any atom is -0.324 e. The van der Waals surface area contributed by atoms with E-state index in [0.29, 0.717) is 11.8 Å². The molecular weight excluding hydrogens is 370 g/mol. The van der Waals surface area contributed by atoms with Crippen LogP contribution < -0.4 is 5.32 Å². The van der Waals surface area contributed by atoms with Gasteiger partial charge >= 0.3 is 0 Å². The second-order valence-corrected chi connectivity index (χ2v) is 8.07. The zero-order valence-electron chi connectivity index (χ0n) is 13.2. The minimum absolute atomic E-state index is 0.0685. The number of likely N-dealkylation sites (N-methyl/N-ethyl adjacent to an activating group) is 1. The molecule has 5 nitrogen and oxygen atoms in total. The Hall–Kier alpha value is -1.97. The van der Waals surface area contributed by atoms with Gasteiger partial charge in [0, 0.05) is 11.9 Å². The number of hydrogen-bond acceptors (Lipinski definition) is 4. The lowest BCUT2D eigenvalue weighted by Crippen LogP contribution is -2.35. The van der Waals surface area contributed by atoms with Crippen molar-refractivity contribution >= 4 is 33.4 Å². The third kappa shape index (κ3) is 5.25. The van der Waals surface area contributed by atoms with Crippen molar-refractivity contribution in [3.63, 3.8) is 0 Å². The van der Waals surface area contributed by atoms with Gasteiger partial charge in [0.1, 0.15) is 0 Å². The Morgan fingerprint density at radius 2 is 1.72 bits per heavy atom. The van der Waals surface area contributed by atoms with E-state index >= 15 is 0 Å². The second-order valence-electron chi connectivity index (χ2n) is 5.00. The largest absolute Gasteiger partial charge is 0.324 e. The first kappa shape index (κ1) is 19.4. The van der Waals surface area contributed by atoms with Crippen LogP contribution in [-0.4, -0.2) is 38.0 Å². The topological polar surface area (TPSA) is 66.5 Å². The summed E-state index contributed by atoms with van der Waals surface area (Å²) in [6.07, 6.45) is 0. The van der Waals surface area contributed by atoms with Gasteiger partial charge in [-0.2, -0.15) is 13.1 Å². The monoisotopic (exact) mass is 386 g/mol. The molecule has 9 heteroatoms. The summed E-state index contributed by atoms with van der Waals surface area (Å²) in [7, 11) is -2.53. The van der Waals surface area contributed by atoms with Crippen LogP contribution in [0.1, 0.15) is 0 Å². The van der Waals surface area contributed by atoms with E-state index in [9.17, 15) is 22.0 Å². The van der Waals surface area contributed by atoms with Crippen LogP contribution in [0, 0.1) is 0 Å². The molecule has 0 saturated heterocycles. The summed E-state index contributed by atoms with van der Waals surface area (Å²) in [6.45, 7) is -0.440. The van der Waals surface area contributed by atoms with E-state index in [0.717, 1.165) is 4.31 Å². The summed E-state index contributed by atoms with van der Waals surface area (Å²) in [5.74, 6) is -3.25. The Morgan fingerprint density at radius 3 is 2.36 bits per heavy atom. The van der Waals surface area contributed by atoms with Gasteiger partial charge in [0.2, 0.25) is 15.9 Å². The summed E-state index contributed by atoms with van der Waals surface area (Å²) in [4.78, 5) is 12.4. The van der Waals surface area contributed by atoms with Crippen molar-refractivity contribution in [1.82, 2.24) is 4.31 Å². The highest BCUT2D eigenvalue weighted by molar-refractivity contribution is 7.99. The van der Waals surface area contributed by atoms with Crippen LogP contribution in [0.15, 0.2) is 64.4 Å². The Bertz CT molecular complexity index is 830. The Labute approximate surface area is 149 Å². The number of rotatable bonds is 7. The van der Waals surface area contributed by atoms with Gasteiger partial charge in [-0.15, -0.1) is 0 Å². The molecule has 0 aliphatic rings. The molecule has 1 N–H and O–H groups in total. The van der Waals surface area contributed by atoms with Crippen LogP contribution in [0.25, 0.3) is 0 Å². The first-order chi connectivity index (χ1) is 11.8. The van der Waals surface area contributed by atoms with Crippen molar-refractivity contribution in [3.8, 4) is 0 Å². The van der Waals surface area contributed by atoms with Gasteiger partial charge < -0.3 is 5.32 Å². The fourth-order valence-electron chi connectivity index (χ4n) is 2.02. The Balaban J connectivity index is 2.08. The number of halogens is 2. The molecule has 0 spiro atoms. The predicted octanol–water partition coefficient (Wildman–Crippen LogP) is 3.26.